The number of aromatic nitrogens is 3. The van der Waals surface area contributed by atoms with Gasteiger partial charge in [-0.1, -0.05) is 152 Å². The summed E-state index contributed by atoms with van der Waals surface area (Å²) < 4.78 is 104. The lowest BCUT2D eigenvalue weighted by Crippen LogP contribution is -2.49. The lowest BCUT2D eigenvalue weighted by Gasteiger charge is -2.19. The minimum atomic E-state index is -2.31. The van der Waals surface area contributed by atoms with Crippen molar-refractivity contribution in [3.63, 3.8) is 0 Å². The molecule has 9 aromatic rings. The highest BCUT2D eigenvalue weighted by Crippen LogP contribution is 2.43. The summed E-state index contributed by atoms with van der Waals surface area (Å²) in [6, 6.07) is 20.3. The number of hydrogen-bond acceptors (Lipinski definition) is 4. The summed E-state index contributed by atoms with van der Waals surface area (Å²) in [4.78, 5) is 14.8. The molecular formula is C45H31N3OSi. The van der Waals surface area contributed by atoms with Crippen molar-refractivity contribution < 1.29 is 19.5 Å². The Hall–Kier alpha value is -6.17. The molecule has 1 aliphatic heterocycles. The van der Waals surface area contributed by atoms with Gasteiger partial charge in [0.1, 0.15) is 19.2 Å². The Morgan fingerprint density at radius 3 is 2.08 bits per heavy atom. The zero-order chi connectivity index (χ0) is 43.0. The standard InChI is InChI=1S/C45H31N3OSi/c1-50(2)38-22-11-9-19-35(38)41-39(50)27-36(40-34-18-8-10-21-37(34)49-42(40)41)45-47-43(30-14-4-3-5-15-30)46-44(48-45)31-25-23-29(24-26-31)33-20-12-16-28-13-6-7-17-32(28)33/h3-27H,1-2H3/i6D,7D,12D,13D,16D,17D,20D,23D,24D,25D,26D. The highest BCUT2D eigenvalue weighted by Gasteiger charge is 2.40. The lowest BCUT2D eigenvalue weighted by atomic mass is 9.97. The van der Waals surface area contributed by atoms with Gasteiger partial charge in [0.05, 0.1) is 15.1 Å². The molecule has 2 aromatic heterocycles. The number of nitrogens with zero attached hydrogens (tertiary/aromatic N) is 3. The third-order valence-corrected chi connectivity index (χ3v) is 13.0. The molecule has 3 heterocycles. The Kier molecular flexibility index (Phi) is 4.31. The zero-order valence-electron chi connectivity index (χ0n) is 37.8. The molecule has 0 radical (unpaired) electrons. The van der Waals surface area contributed by atoms with Crippen molar-refractivity contribution in [2.75, 3.05) is 0 Å². The van der Waals surface area contributed by atoms with E-state index in [1.54, 1.807) is 0 Å². The quantitative estimate of drug-likeness (QED) is 0.175. The van der Waals surface area contributed by atoms with E-state index >= 15 is 0 Å². The van der Waals surface area contributed by atoms with E-state index in [1.165, 1.54) is 5.19 Å². The van der Waals surface area contributed by atoms with Gasteiger partial charge in [0.15, 0.2) is 17.5 Å². The van der Waals surface area contributed by atoms with Gasteiger partial charge in [0.2, 0.25) is 0 Å². The van der Waals surface area contributed by atoms with E-state index in [0.717, 1.165) is 27.1 Å². The monoisotopic (exact) mass is 668 g/mol. The molecule has 5 heteroatoms. The molecule has 10 rings (SSSR count). The first kappa shape index (κ1) is 19.7. The highest BCUT2D eigenvalue weighted by molar-refractivity contribution is 7.04. The average molecular weight is 669 g/mol. The van der Waals surface area contributed by atoms with Crippen LogP contribution in [0.5, 0.6) is 0 Å². The van der Waals surface area contributed by atoms with Gasteiger partial charge in [0.25, 0.3) is 0 Å². The Labute approximate surface area is 306 Å². The first-order chi connectivity index (χ1) is 29.1. The van der Waals surface area contributed by atoms with Gasteiger partial charge in [-0.25, -0.2) is 15.0 Å². The fourth-order valence-corrected chi connectivity index (χ4v) is 10.2. The van der Waals surface area contributed by atoms with E-state index in [2.05, 4.69) is 31.3 Å². The van der Waals surface area contributed by atoms with Crippen LogP contribution in [0.1, 0.15) is 15.1 Å². The van der Waals surface area contributed by atoms with Crippen LogP contribution in [0.25, 0.3) is 89.1 Å². The van der Waals surface area contributed by atoms with Gasteiger partial charge in [0, 0.05) is 33.0 Å². The third kappa shape index (κ3) is 4.33. The van der Waals surface area contributed by atoms with Crippen LogP contribution in [0.3, 0.4) is 0 Å². The number of para-hydroxylation sites is 1. The van der Waals surface area contributed by atoms with Crippen molar-refractivity contribution in [3.8, 4) is 56.4 Å². The summed E-state index contributed by atoms with van der Waals surface area (Å²) in [7, 11) is -2.31. The summed E-state index contributed by atoms with van der Waals surface area (Å²) in [6.45, 7) is 4.57. The van der Waals surface area contributed by atoms with Crippen molar-refractivity contribution in [1.82, 2.24) is 15.0 Å². The number of hydrogen-bond donors (Lipinski definition) is 0. The number of benzene rings is 7. The van der Waals surface area contributed by atoms with Gasteiger partial charge < -0.3 is 4.42 Å². The largest absolute Gasteiger partial charge is 0.455 e. The van der Waals surface area contributed by atoms with Gasteiger partial charge in [-0.15, -0.1) is 0 Å². The summed E-state index contributed by atoms with van der Waals surface area (Å²) in [6.07, 6.45) is 0. The maximum atomic E-state index is 9.40. The second kappa shape index (κ2) is 10.9. The molecule has 0 bridgehead atoms. The molecule has 7 aromatic carbocycles. The van der Waals surface area contributed by atoms with Crippen LogP contribution < -0.4 is 10.4 Å². The molecule has 50 heavy (non-hydrogen) atoms. The van der Waals surface area contributed by atoms with Gasteiger partial charge in [-0.3, -0.25) is 0 Å². The molecule has 0 N–H and O–H groups in total. The van der Waals surface area contributed by atoms with Crippen molar-refractivity contribution >= 4 is 51.2 Å². The highest BCUT2D eigenvalue weighted by atomic mass is 28.3. The number of fused-ring (bicyclic) bond motifs is 8. The van der Waals surface area contributed by atoms with Crippen LogP contribution in [0.2, 0.25) is 13.1 Å². The SMILES string of the molecule is [2H]c1c([2H])c(-c2c([2H])c([2H])c([2H])c3c([2H])c([2H])c([2H])c([2H])c23)c([2H])c([2H])c1-c1nc(-c2ccccc2)nc(-c2cc3c(c4oc5ccccc5c24)-c2ccccc2[Si]3(C)C)n1. The van der Waals surface area contributed by atoms with E-state index < -0.39 is 85.7 Å². The topological polar surface area (TPSA) is 51.8 Å². The summed E-state index contributed by atoms with van der Waals surface area (Å²) in [5.74, 6) is 0.266. The van der Waals surface area contributed by atoms with Crippen LogP contribution in [-0.2, 0) is 0 Å². The van der Waals surface area contributed by atoms with Crippen LogP contribution >= 0.6 is 0 Å². The molecule has 0 atom stereocenters. The molecule has 0 fully saturated rings. The summed E-state index contributed by atoms with van der Waals surface area (Å²) in [5, 5.41) is 3.28. The normalized spacial score (nSPS) is 16.2. The minimum Gasteiger partial charge on any atom is -0.455 e. The number of furan rings is 1. The van der Waals surface area contributed by atoms with E-state index in [4.69, 9.17) is 29.0 Å². The van der Waals surface area contributed by atoms with Crippen LogP contribution in [0.15, 0.2) is 156 Å². The molecule has 4 nitrogen and oxygen atoms in total. The van der Waals surface area contributed by atoms with E-state index in [0.29, 0.717) is 22.3 Å². The molecular weight excluding hydrogens is 627 g/mol. The first-order valence-electron chi connectivity index (χ1n) is 21.6. The van der Waals surface area contributed by atoms with Crippen molar-refractivity contribution in [3.05, 3.63) is 151 Å². The molecule has 0 amide bonds. The zero-order valence-corrected chi connectivity index (χ0v) is 27.8. The molecule has 1 aliphatic rings. The van der Waals surface area contributed by atoms with Gasteiger partial charge >= 0.3 is 0 Å². The summed E-state index contributed by atoms with van der Waals surface area (Å²) in [5.41, 5.74) is 3.60. The Balaban J connectivity index is 1.29. The Morgan fingerprint density at radius 1 is 0.540 bits per heavy atom. The number of rotatable bonds is 4. The molecule has 0 saturated heterocycles. The van der Waals surface area contributed by atoms with Crippen LogP contribution in [0, 0.1) is 0 Å². The smallest absolute Gasteiger partial charge is 0.164 e. The minimum absolute atomic E-state index is 0.158. The lowest BCUT2D eigenvalue weighted by molar-refractivity contribution is 0.670. The maximum absolute atomic E-state index is 9.40. The molecule has 0 unspecified atom stereocenters. The van der Waals surface area contributed by atoms with Crippen molar-refractivity contribution in [2.45, 2.75) is 13.1 Å². The second-order valence-corrected chi connectivity index (χ2v) is 17.1. The Bertz CT molecular complexity index is 3390. The van der Waals surface area contributed by atoms with E-state index in [-0.39, 0.29) is 33.8 Å². The van der Waals surface area contributed by atoms with Crippen LogP contribution in [0.4, 0.5) is 0 Å². The molecule has 0 spiro atoms. The molecule has 0 saturated carbocycles. The van der Waals surface area contributed by atoms with Gasteiger partial charge in [-0.2, -0.15) is 0 Å². The van der Waals surface area contributed by atoms with E-state index in [9.17, 15) is 5.48 Å². The predicted molar refractivity (Wildman–Crippen MR) is 209 cm³/mol. The summed E-state index contributed by atoms with van der Waals surface area (Å²) >= 11 is 0. The average Bonchev–Trinajstić information content (AvgIpc) is 3.76. The fraction of sp³-hybridized carbons (Fsp3) is 0.0444. The third-order valence-electron chi connectivity index (χ3n) is 9.51. The maximum Gasteiger partial charge on any atom is 0.164 e. The van der Waals surface area contributed by atoms with Gasteiger partial charge in [-0.05, 0) is 50.0 Å². The second-order valence-electron chi connectivity index (χ2n) is 12.7. The predicted octanol–water partition coefficient (Wildman–Crippen LogP) is 10.4. The first-order valence-corrected chi connectivity index (χ1v) is 19.1. The Morgan fingerprint density at radius 2 is 1.22 bits per heavy atom. The molecule has 0 aliphatic carbocycles. The van der Waals surface area contributed by atoms with Crippen molar-refractivity contribution in [1.29, 1.82) is 0 Å². The van der Waals surface area contributed by atoms with Crippen LogP contribution in [-0.4, -0.2) is 23.0 Å². The fourth-order valence-electron chi connectivity index (χ4n) is 7.10. The molecule has 236 valence electrons. The van der Waals surface area contributed by atoms with Crippen molar-refractivity contribution in [2.24, 2.45) is 0 Å². The van der Waals surface area contributed by atoms with E-state index in [1.807, 2.05) is 66.7 Å².